The molecule has 1 rings (SSSR count). The van der Waals surface area contributed by atoms with Gasteiger partial charge in [-0.25, -0.2) is 10.2 Å². The lowest BCUT2D eigenvalue weighted by Gasteiger charge is -2.08. The quantitative estimate of drug-likeness (QED) is 0.822. The Morgan fingerprint density at radius 2 is 2.12 bits per heavy atom. The third kappa shape index (κ3) is 4.24. The van der Waals surface area contributed by atoms with E-state index in [1.54, 1.807) is 19.1 Å². The summed E-state index contributed by atoms with van der Waals surface area (Å²) in [7, 11) is 0. The Morgan fingerprint density at radius 3 is 2.71 bits per heavy atom. The second kappa shape index (κ2) is 6.46. The fourth-order valence-corrected chi connectivity index (χ4v) is 1.78. The Balaban J connectivity index is 2.61. The van der Waals surface area contributed by atoms with Crippen molar-refractivity contribution < 1.29 is 14.3 Å². The zero-order valence-corrected chi connectivity index (χ0v) is 11.3. The molecule has 1 aromatic rings. The summed E-state index contributed by atoms with van der Waals surface area (Å²) in [4.78, 5) is 22.5. The van der Waals surface area contributed by atoms with Gasteiger partial charge in [0.2, 0.25) is 0 Å². The molecule has 0 fully saturated rings. The Morgan fingerprint density at radius 1 is 1.41 bits per heavy atom. The van der Waals surface area contributed by atoms with Gasteiger partial charge in [0.1, 0.15) is 0 Å². The first-order chi connectivity index (χ1) is 8.04. The van der Waals surface area contributed by atoms with E-state index in [1.807, 2.05) is 0 Å². The zero-order valence-electron chi connectivity index (χ0n) is 8.92. The fraction of sp³-hybridized carbons (Fsp3) is 0.200. The van der Waals surface area contributed by atoms with Crippen LogP contribution in [0.3, 0.4) is 0 Å². The van der Waals surface area contributed by atoms with E-state index in [-0.39, 0.29) is 17.2 Å². The minimum atomic E-state index is -0.728. The smallest absolute Gasteiger partial charge is 0.426 e. The van der Waals surface area contributed by atoms with E-state index in [9.17, 15) is 9.59 Å². The molecule has 5 nitrogen and oxygen atoms in total. The molecule has 0 aromatic heterocycles. The number of hydrogen-bond donors (Lipinski definition) is 2. The van der Waals surface area contributed by atoms with Crippen LogP contribution in [-0.4, -0.2) is 18.6 Å². The van der Waals surface area contributed by atoms with Gasteiger partial charge in [-0.05, 0) is 25.1 Å². The highest BCUT2D eigenvalue weighted by Crippen LogP contribution is 2.20. The lowest BCUT2D eigenvalue weighted by molar-refractivity contribution is 0.0913. The third-order valence-electron chi connectivity index (χ3n) is 1.73. The van der Waals surface area contributed by atoms with Crippen LogP contribution in [0.15, 0.2) is 22.7 Å². The van der Waals surface area contributed by atoms with E-state index >= 15 is 0 Å². The maximum atomic E-state index is 11.6. The van der Waals surface area contributed by atoms with Gasteiger partial charge in [0.25, 0.3) is 5.91 Å². The summed E-state index contributed by atoms with van der Waals surface area (Å²) in [6.07, 6.45) is -0.728. The SMILES string of the molecule is CCOC(=O)NNC(=O)c1ccc(Br)cc1Cl. The number of rotatable bonds is 2. The van der Waals surface area contributed by atoms with Gasteiger partial charge in [0.15, 0.2) is 0 Å². The van der Waals surface area contributed by atoms with Crippen molar-refractivity contribution >= 4 is 39.5 Å². The molecule has 17 heavy (non-hydrogen) atoms. The number of ether oxygens (including phenoxy) is 1. The average molecular weight is 322 g/mol. The molecule has 0 saturated heterocycles. The Bertz CT molecular complexity index is 440. The standard InChI is InChI=1S/C10H10BrClN2O3/c1-2-17-10(16)14-13-9(15)7-4-3-6(11)5-8(7)12/h3-5H,2H2,1H3,(H,13,15)(H,14,16). The summed E-state index contributed by atoms with van der Waals surface area (Å²) in [5.74, 6) is -0.518. The molecule has 1 aromatic carbocycles. The fourth-order valence-electron chi connectivity index (χ4n) is 1.02. The van der Waals surface area contributed by atoms with E-state index < -0.39 is 12.0 Å². The Kier molecular flexibility index (Phi) is 5.24. The third-order valence-corrected chi connectivity index (χ3v) is 2.54. The predicted octanol–water partition coefficient (Wildman–Crippen LogP) is 2.49. The topological polar surface area (TPSA) is 67.4 Å². The van der Waals surface area contributed by atoms with Crippen molar-refractivity contribution in [3.8, 4) is 0 Å². The molecule has 7 heteroatoms. The molecular formula is C10H10BrClN2O3. The van der Waals surface area contributed by atoms with E-state index in [4.69, 9.17) is 11.6 Å². The van der Waals surface area contributed by atoms with Crippen molar-refractivity contribution in [3.05, 3.63) is 33.3 Å². The van der Waals surface area contributed by atoms with E-state index in [1.165, 1.54) is 6.07 Å². The van der Waals surface area contributed by atoms with Gasteiger partial charge < -0.3 is 4.74 Å². The van der Waals surface area contributed by atoms with Crippen LogP contribution in [-0.2, 0) is 4.74 Å². The van der Waals surface area contributed by atoms with Crippen LogP contribution in [0.4, 0.5) is 4.79 Å². The molecule has 2 N–H and O–H groups in total. The van der Waals surface area contributed by atoms with Crippen LogP contribution in [0.25, 0.3) is 0 Å². The molecule has 0 bridgehead atoms. The second-order valence-corrected chi connectivity index (χ2v) is 4.25. The van der Waals surface area contributed by atoms with Crippen LogP contribution >= 0.6 is 27.5 Å². The van der Waals surface area contributed by atoms with E-state index in [0.717, 1.165) is 4.47 Å². The van der Waals surface area contributed by atoms with Crippen molar-refractivity contribution in [3.63, 3.8) is 0 Å². The van der Waals surface area contributed by atoms with Crippen molar-refractivity contribution in [1.82, 2.24) is 10.9 Å². The van der Waals surface area contributed by atoms with Crippen LogP contribution in [0.5, 0.6) is 0 Å². The minimum absolute atomic E-state index is 0.223. The van der Waals surface area contributed by atoms with Crippen molar-refractivity contribution in [2.24, 2.45) is 0 Å². The van der Waals surface area contributed by atoms with E-state index in [2.05, 4.69) is 31.5 Å². The highest BCUT2D eigenvalue weighted by atomic mass is 79.9. The maximum Gasteiger partial charge on any atom is 0.426 e. The van der Waals surface area contributed by atoms with Crippen molar-refractivity contribution in [1.29, 1.82) is 0 Å². The van der Waals surface area contributed by atoms with Gasteiger partial charge in [-0.15, -0.1) is 0 Å². The normalized spacial score (nSPS) is 9.59. The summed E-state index contributed by atoms with van der Waals surface area (Å²) in [6, 6.07) is 4.79. The monoisotopic (exact) mass is 320 g/mol. The zero-order chi connectivity index (χ0) is 12.8. The molecule has 0 saturated carbocycles. The van der Waals surface area contributed by atoms with Gasteiger partial charge in [0.05, 0.1) is 17.2 Å². The number of hydrogen-bond acceptors (Lipinski definition) is 3. The second-order valence-electron chi connectivity index (χ2n) is 2.92. The lowest BCUT2D eigenvalue weighted by Crippen LogP contribution is -2.42. The van der Waals surface area contributed by atoms with Crippen LogP contribution < -0.4 is 10.9 Å². The molecular weight excluding hydrogens is 311 g/mol. The van der Waals surface area contributed by atoms with Gasteiger partial charge in [-0.3, -0.25) is 10.2 Å². The highest BCUT2D eigenvalue weighted by Gasteiger charge is 2.11. The number of amides is 2. The summed E-state index contributed by atoms with van der Waals surface area (Å²) >= 11 is 9.09. The Labute approximate surface area is 112 Å². The number of benzene rings is 1. The Hall–Kier alpha value is -1.27. The van der Waals surface area contributed by atoms with Gasteiger partial charge in [0, 0.05) is 4.47 Å². The first-order valence-electron chi connectivity index (χ1n) is 4.72. The maximum absolute atomic E-state index is 11.6. The number of halogens is 2. The number of carbonyl (C=O) groups excluding carboxylic acids is 2. The summed E-state index contributed by atoms with van der Waals surface area (Å²) in [6.45, 7) is 1.88. The lowest BCUT2D eigenvalue weighted by atomic mass is 10.2. The summed E-state index contributed by atoms with van der Waals surface area (Å²) in [5, 5.41) is 0.280. The minimum Gasteiger partial charge on any atom is -0.449 e. The number of nitrogens with one attached hydrogen (secondary N) is 2. The van der Waals surface area contributed by atoms with Gasteiger partial charge in [-0.1, -0.05) is 27.5 Å². The van der Waals surface area contributed by atoms with Gasteiger partial charge in [-0.2, -0.15) is 0 Å². The largest absolute Gasteiger partial charge is 0.449 e. The van der Waals surface area contributed by atoms with Crippen LogP contribution in [0.1, 0.15) is 17.3 Å². The summed E-state index contributed by atoms with van der Waals surface area (Å²) < 4.78 is 5.33. The summed E-state index contributed by atoms with van der Waals surface area (Å²) in [5.41, 5.74) is 4.53. The number of carbonyl (C=O) groups is 2. The molecule has 92 valence electrons. The van der Waals surface area contributed by atoms with Crippen molar-refractivity contribution in [2.75, 3.05) is 6.61 Å². The first kappa shape index (κ1) is 13.8. The molecule has 0 atom stereocenters. The van der Waals surface area contributed by atoms with Crippen LogP contribution in [0, 0.1) is 0 Å². The first-order valence-corrected chi connectivity index (χ1v) is 5.90. The predicted molar refractivity (Wildman–Crippen MR) is 66.8 cm³/mol. The highest BCUT2D eigenvalue weighted by molar-refractivity contribution is 9.10. The van der Waals surface area contributed by atoms with E-state index in [0.29, 0.717) is 0 Å². The molecule has 0 spiro atoms. The molecule has 2 amide bonds. The van der Waals surface area contributed by atoms with Gasteiger partial charge >= 0.3 is 6.09 Å². The molecule has 0 aliphatic heterocycles. The van der Waals surface area contributed by atoms with Crippen molar-refractivity contribution in [2.45, 2.75) is 6.92 Å². The number of hydrazine groups is 1. The average Bonchev–Trinajstić information content (AvgIpc) is 2.26. The molecule has 0 radical (unpaired) electrons. The van der Waals surface area contributed by atoms with Crippen LogP contribution in [0.2, 0.25) is 5.02 Å². The molecule has 0 unspecified atom stereocenters. The molecule has 0 heterocycles. The molecule has 0 aliphatic carbocycles. The molecule has 0 aliphatic rings.